The molecule has 0 bridgehead atoms. The number of hydrogen-bond donors (Lipinski definition) is 1. The number of piperidine rings is 1. The molecule has 90 valence electrons. The van der Waals surface area contributed by atoms with E-state index in [0.29, 0.717) is 18.4 Å². The lowest BCUT2D eigenvalue weighted by Gasteiger charge is -2.57. The predicted molar refractivity (Wildman–Crippen MR) is 68.0 cm³/mol. The van der Waals surface area contributed by atoms with E-state index < -0.39 is 0 Å². The third-order valence-corrected chi connectivity index (χ3v) is 5.32. The SMILES string of the molecule is BC1(C)CCC2C(CCC(=O)N2C)C1(C)N. The minimum atomic E-state index is -0.162. The first-order valence-corrected chi connectivity index (χ1v) is 6.32. The highest BCUT2D eigenvalue weighted by Gasteiger charge is 2.52. The van der Waals surface area contributed by atoms with Crippen LogP contribution in [0, 0.1) is 5.92 Å². The van der Waals surface area contributed by atoms with Crippen molar-refractivity contribution in [3.05, 3.63) is 0 Å². The second-order valence-corrected chi connectivity index (χ2v) is 6.42. The zero-order valence-corrected chi connectivity index (χ0v) is 10.9. The van der Waals surface area contributed by atoms with Crippen molar-refractivity contribution < 1.29 is 4.79 Å². The third-order valence-electron chi connectivity index (χ3n) is 5.32. The van der Waals surface area contributed by atoms with Crippen LogP contribution in [0.15, 0.2) is 0 Å². The summed E-state index contributed by atoms with van der Waals surface area (Å²) in [4.78, 5) is 13.6. The van der Waals surface area contributed by atoms with E-state index in [4.69, 9.17) is 5.73 Å². The second kappa shape index (κ2) is 3.49. The maximum Gasteiger partial charge on any atom is 0.222 e. The van der Waals surface area contributed by atoms with Gasteiger partial charge < -0.3 is 10.6 Å². The normalized spacial score (nSPS) is 49.0. The van der Waals surface area contributed by atoms with Crippen LogP contribution in [-0.2, 0) is 4.79 Å². The third kappa shape index (κ3) is 1.50. The van der Waals surface area contributed by atoms with Gasteiger partial charge in [0.15, 0.2) is 0 Å². The quantitative estimate of drug-likeness (QED) is 0.608. The molecule has 1 saturated heterocycles. The summed E-state index contributed by atoms with van der Waals surface area (Å²) in [6, 6.07) is 0.365. The first kappa shape index (κ1) is 12.0. The number of nitrogens with two attached hydrogens (primary N) is 1. The van der Waals surface area contributed by atoms with Crippen molar-refractivity contribution in [2.45, 2.75) is 56.4 Å². The largest absolute Gasteiger partial charge is 0.342 e. The van der Waals surface area contributed by atoms with Crippen LogP contribution < -0.4 is 5.73 Å². The maximum atomic E-state index is 11.7. The molecule has 2 rings (SSSR count). The van der Waals surface area contributed by atoms with E-state index in [-0.39, 0.29) is 16.8 Å². The van der Waals surface area contributed by atoms with Crippen molar-refractivity contribution in [2.75, 3.05) is 7.05 Å². The Labute approximate surface area is 99.2 Å². The minimum absolute atomic E-state index is 0.162. The molecule has 4 atom stereocenters. The molecule has 1 heterocycles. The average molecular weight is 222 g/mol. The van der Waals surface area contributed by atoms with Gasteiger partial charge >= 0.3 is 0 Å². The molecule has 0 spiro atoms. The van der Waals surface area contributed by atoms with Gasteiger partial charge in [-0.05, 0) is 31.0 Å². The zero-order chi connectivity index (χ0) is 12.1. The predicted octanol–water partition coefficient (Wildman–Crippen LogP) is 0.546. The van der Waals surface area contributed by atoms with E-state index in [9.17, 15) is 4.79 Å². The number of likely N-dealkylation sites (tertiary alicyclic amines) is 1. The standard InChI is InChI=1S/C12H23BN2O/c1-11(13)7-6-9-8(12(11,2)14)4-5-10(16)15(9)3/h8-9H,4-7,13-14H2,1-3H3. The maximum absolute atomic E-state index is 11.7. The van der Waals surface area contributed by atoms with E-state index in [0.717, 1.165) is 19.3 Å². The van der Waals surface area contributed by atoms with E-state index in [2.05, 4.69) is 21.7 Å². The van der Waals surface area contributed by atoms with Gasteiger partial charge in [0.2, 0.25) is 5.91 Å². The van der Waals surface area contributed by atoms with E-state index in [1.54, 1.807) is 0 Å². The highest BCUT2D eigenvalue weighted by Crippen LogP contribution is 2.52. The Hall–Kier alpha value is -0.505. The Bertz CT molecular complexity index is 314. The Morgan fingerprint density at radius 1 is 1.44 bits per heavy atom. The number of amides is 1. The van der Waals surface area contributed by atoms with Crippen molar-refractivity contribution in [1.29, 1.82) is 0 Å². The van der Waals surface area contributed by atoms with Crippen LogP contribution in [0.25, 0.3) is 0 Å². The molecule has 2 aliphatic rings. The summed E-state index contributed by atoms with van der Waals surface area (Å²) in [5.74, 6) is 0.746. The highest BCUT2D eigenvalue weighted by atomic mass is 16.2. The lowest BCUT2D eigenvalue weighted by Crippen LogP contribution is -2.65. The number of nitrogens with zero attached hydrogens (tertiary/aromatic N) is 1. The Kier molecular flexibility index (Phi) is 2.61. The number of hydrogen-bond acceptors (Lipinski definition) is 2. The molecule has 0 aromatic carbocycles. The molecular formula is C12H23BN2O. The van der Waals surface area contributed by atoms with Crippen LogP contribution in [0.3, 0.4) is 0 Å². The molecule has 16 heavy (non-hydrogen) atoms. The average Bonchev–Trinajstić information content (AvgIpc) is 2.18. The topological polar surface area (TPSA) is 46.3 Å². The summed E-state index contributed by atoms with van der Waals surface area (Å²) in [6.45, 7) is 4.44. The molecule has 1 saturated carbocycles. The van der Waals surface area contributed by atoms with Gasteiger partial charge in [0, 0.05) is 25.0 Å². The summed E-state index contributed by atoms with van der Waals surface area (Å²) in [6.07, 6.45) is 3.84. The molecule has 4 heteroatoms. The van der Waals surface area contributed by atoms with Crippen LogP contribution in [0.5, 0.6) is 0 Å². The van der Waals surface area contributed by atoms with Crippen LogP contribution in [0.1, 0.15) is 39.5 Å². The van der Waals surface area contributed by atoms with Gasteiger partial charge in [-0.3, -0.25) is 4.79 Å². The van der Waals surface area contributed by atoms with Crippen LogP contribution in [0.4, 0.5) is 0 Å². The van der Waals surface area contributed by atoms with Gasteiger partial charge in [-0.1, -0.05) is 13.3 Å². The monoisotopic (exact) mass is 222 g/mol. The van der Waals surface area contributed by atoms with Gasteiger partial charge in [0.25, 0.3) is 0 Å². The molecule has 3 nitrogen and oxygen atoms in total. The summed E-state index contributed by atoms with van der Waals surface area (Å²) in [5, 5.41) is 0.176. The fourth-order valence-electron chi connectivity index (χ4n) is 3.48. The van der Waals surface area contributed by atoms with E-state index in [1.807, 2.05) is 11.9 Å². The number of carbonyl (C=O) groups is 1. The molecule has 0 aromatic rings. The number of carbonyl (C=O) groups excluding carboxylic acids is 1. The van der Waals surface area contributed by atoms with Crippen LogP contribution in [0.2, 0.25) is 5.31 Å². The van der Waals surface area contributed by atoms with Crippen molar-refractivity contribution in [2.24, 2.45) is 11.7 Å². The van der Waals surface area contributed by atoms with Crippen molar-refractivity contribution >= 4 is 13.8 Å². The summed E-state index contributed by atoms with van der Waals surface area (Å²) in [7, 11) is 4.20. The zero-order valence-electron chi connectivity index (χ0n) is 10.9. The van der Waals surface area contributed by atoms with Crippen molar-refractivity contribution in [1.82, 2.24) is 4.90 Å². The second-order valence-electron chi connectivity index (χ2n) is 6.42. The summed E-state index contributed by atoms with van der Waals surface area (Å²) < 4.78 is 0. The van der Waals surface area contributed by atoms with E-state index in [1.165, 1.54) is 0 Å². The van der Waals surface area contributed by atoms with Gasteiger partial charge in [0.1, 0.15) is 7.85 Å². The molecule has 1 amide bonds. The van der Waals surface area contributed by atoms with Crippen LogP contribution >= 0.6 is 0 Å². The number of rotatable bonds is 0. The highest BCUT2D eigenvalue weighted by molar-refractivity contribution is 6.16. The fourth-order valence-corrected chi connectivity index (χ4v) is 3.48. The molecule has 0 radical (unpaired) electrons. The molecule has 1 aliphatic carbocycles. The molecule has 2 fully saturated rings. The van der Waals surface area contributed by atoms with Crippen LogP contribution in [-0.4, -0.2) is 37.3 Å². The summed E-state index contributed by atoms with van der Waals surface area (Å²) in [5.41, 5.74) is 6.42. The molecule has 1 aliphatic heterocycles. The Morgan fingerprint density at radius 3 is 2.69 bits per heavy atom. The van der Waals surface area contributed by atoms with Crippen molar-refractivity contribution in [3.8, 4) is 0 Å². The van der Waals surface area contributed by atoms with Gasteiger partial charge in [-0.2, -0.15) is 0 Å². The Balaban J connectivity index is 2.29. The molecule has 0 aromatic heterocycles. The van der Waals surface area contributed by atoms with Gasteiger partial charge in [0.05, 0.1) is 0 Å². The number of fused-ring (bicyclic) bond motifs is 1. The van der Waals surface area contributed by atoms with Crippen molar-refractivity contribution in [3.63, 3.8) is 0 Å². The van der Waals surface area contributed by atoms with Gasteiger partial charge in [-0.25, -0.2) is 0 Å². The smallest absolute Gasteiger partial charge is 0.222 e. The lowest BCUT2D eigenvalue weighted by atomic mass is 9.47. The molecule has 2 N–H and O–H groups in total. The first-order chi connectivity index (χ1) is 7.27. The Morgan fingerprint density at radius 2 is 2.06 bits per heavy atom. The van der Waals surface area contributed by atoms with E-state index >= 15 is 0 Å². The summed E-state index contributed by atoms with van der Waals surface area (Å²) >= 11 is 0. The first-order valence-electron chi connectivity index (χ1n) is 6.32. The molecular weight excluding hydrogens is 199 g/mol. The lowest BCUT2D eigenvalue weighted by molar-refractivity contribution is -0.140. The minimum Gasteiger partial charge on any atom is -0.342 e. The fraction of sp³-hybridized carbons (Fsp3) is 0.917. The van der Waals surface area contributed by atoms with Gasteiger partial charge in [-0.15, -0.1) is 0 Å². The molecule has 4 unspecified atom stereocenters.